The average Bonchev–Trinajstić information content (AvgIpc) is 3.22. The third kappa shape index (κ3) is 4.14. The van der Waals surface area contributed by atoms with Crippen molar-refractivity contribution in [2.24, 2.45) is 23.2 Å². The summed E-state index contributed by atoms with van der Waals surface area (Å²) < 4.78 is 23.3. The lowest BCUT2D eigenvalue weighted by atomic mass is 9.56. The SMILES string of the molecule is CCCCCNC(=O)OCC12COC(c3ccc4c(c3)OCO4)C(C(C)=CC1C)[C@H]2C. The largest absolute Gasteiger partial charge is 0.454 e. The third-order valence-corrected chi connectivity index (χ3v) is 7.50. The predicted molar refractivity (Wildman–Crippen MR) is 118 cm³/mol. The molecule has 2 heterocycles. The van der Waals surface area contributed by atoms with Crippen LogP contribution in [-0.2, 0) is 9.47 Å². The molecule has 6 nitrogen and oxygen atoms in total. The van der Waals surface area contributed by atoms with Crippen LogP contribution in [0.5, 0.6) is 11.5 Å². The molecule has 0 radical (unpaired) electrons. The van der Waals surface area contributed by atoms with Crippen molar-refractivity contribution in [2.45, 2.75) is 53.1 Å². The van der Waals surface area contributed by atoms with Crippen molar-refractivity contribution < 1.29 is 23.7 Å². The Labute approximate surface area is 185 Å². The second kappa shape index (κ2) is 9.11. The number of allylic oxidation sites excluding steroid dienone is 1. The van der Waals surface area contributed by atoms with E-state index in [-0.39, 0.29) is 36.2 Å². The molecule has 0 aromatic heterocycles. The summed E-state index contributed by atoms with van der Waals surface area (Å²) >= 11 is 0. The number of rotatable bonds is 7. The van der Waals surface area contributed by atoms with Gasteiger partial charge in [-0.2, -0.15) is 0 Å². The van der Waals surface area contributed by atoms with Gasteiger partial charge in [-0.3, -0.25) is 0 Å². The van der Waals surface area contributed by atoms with Gasteiger partial charge in [0.25, 0.3) is 0 Å². The molecule has 6 heteroatoms. The molecule has 4 rings (SSSR count). The summed E-state index contributed by atoms with van der Waals surface area (Å²) in [5.41, 5.74) is 2.21. The number of amides is 1. The molecule has 1 saturated heterocycles. The number of hydrogen-bond acceptors (Lipinski definition) is 5. The van der Waals surface area contributed by atoms with E-state index in [2.05, 4.69) is 45.2 Å². The van der Waals surface area contributed by atoms with Crippen LogP contribution in [0.15, 0.2) is 29.8 Å². The van der Waals surface area contributed by atoms with Crippen LogP contribution in [0.1, 0.15) is 58.6 Å². The Morgan fingerprint density at radius 3 is 2.84 bits per heavy atom. The number of ether oxygens (including phenoxy) is 4. The summed E-state index contributed by atoms with van der Waals surface area (Å²) in [6.07, 6.45) is 5.18. The molecular weight excluding hydrogens is 394 g/mol. The highest BCUT2D eigenvalue weighted by Gasteiger charge is 2.54. The predicted octanol–water partition coefficient (Wildman–Crippen LogP) is 5.24. The first kappa shape index (κ1) is 22.0. The molecule has 2 aliphatic heterocycles. The molecule has 1 aliphatic carbocycles. The lowest BCUT2D eigenvalue weighted by Gasteiger charge is -2.55. The molecule has 1 aromatic rings. The molecule has 5 atom stereocenters. The fourth-order valence-corrected chi connectivity index (χ4v) is 5.47. The first-order chi connectivity index (χ1) is 15.0. The van der Waals surface area contributed by atoms with E-state index in [4.69, 9.17) is 18.9 Å². The van der Waals surface area contributed by atoms with Crippen LogP contribution in [0.2, 0.25) is 0 Å². The van der Waals surface area contributed by atoms with Gasteiger partial charge in [0.1, 0.15) is 6.61 Å². The van der Waals surface area contributed by atoms with Gasteiger partial charge < -0.3 is 24.3 Å². The Balaban J connectivity index is 1.48. The zero-order valence-electron chi connectivity index (χ0n) is 19.1. The molecule has 1 N–H and O–H groups in total. The zero-order valence-corrected chi connectivity index (χ0v) is 19.1. The van der Waals surface area contributed by atoms with Gasteiger partial charge in [-0.15, -0.1) is 0 Å². The van der Waals surface area contributed by atoms with Crippen molar-refractivity contribution in [1.82, 2.24) is 5.32 Å². The number of unbranched alkanes of at least 4 members (excludes halogenated alkanes) is 2. The summed E-state index contributed by atoms with van der Waals surface area (Å²) in [4.78, 5) is 12.3. The maximum Gasteiger partial charge on any atom is 0.407 e. The van der Waals surface area contributed by atoms with E-state index in [0.717, 1.165) is 36.3 Å². The van der Waals surface area contributed by atoms with Crippen molar-refractivity contribution in [3.05, 3.63) is 35.4 Å². The fraction of sp³-hybridized carbons (Fsp3) is 0.640. The molecule has 2 bridgehead atoms. The van der Waals surface area contributed by atoms with Gasteiger partial charge in [-0.1, -0.05) is 51.3 Å². The monoisotopic (exact) mass is 429 g/mol. The first-order valence-corrected chi connectivity index (χ1v) is 11.6. The first-order valence-electron chi connectivity index (χ1n) is 11.6. The Kier molecular flexibility index (Phi) is 6.47. The van der Waals surface area contributed by atoms with Gasteiger partial charge >= 0.3 is 6.09 Å². The highest BCUT2D eigenvalue weighted by Crippen LogP contribution is 2.56. The van der Waals surface area contributed by atoms with E-state index < -0.39 is 0 Å². The average molecular weight is 430 g/mol. The molecule has 1 amide bonds. The normalized spacial score (nSPS) is 31.2. The third-order valence-electron chi connectivity index (χ3n) is 7.50. The van der Waals surface area contributed by atoms with Crippen molar-refractivity contribution in [3.63, 3.8) is 0 Å². The van der Waals surface area contributed by atoms with E-state index >= 15 is 0 Å². The van der Waals surface area contributed by atoms with Crippen molar-refractivity contribution in [1.29, 1.82) is 0 Å². The minimum atomic E-state index is -0.328. The van der Waals surface area contributed by atoms with Crippen LogP contribution in [0.25, 0.3) is 0 Å². The van der Waals surface area contributed by atoms with Crippen LogP contribution in [0, 0.1) is 23.2 Å². The van der Waals surface area contributed by atoms with Crippen LogP contribution < -0.4 is 14.8 Å². The van der Waals surface area contributed by atoms with Gasteiger partial charge in [0.2, 0.25) is 6.79 Å². The smallest absolute Gasteiger partial charge is 0.407 e. The molecule has 170 valence electrons. The highest BCUT2D eigenvalue weighted by molar-refractivity contribution is 5.67. The quantitative estimate of drug-likeness (QED) is 0.474. The second-order valence-corrected chi connectivity index (χ2v) is 9.30. The summed E-state index contributed by atoms with van der Waals surface area (Å²) in [6, 6.07) is 6.08. The van der Waals surface area contributed by atoms with E-state index in [1.165, 1.54) is 5.57 Å². The minimum Gasteiger partial charge on any atom is -0.454 e. The molecule has 0 saturated carbocycles. The Morgan fingerprint density at radius 2 is 2.03 bits per heavy atom. The Morgan fingerprint density at radius 1 is 1.23 bits per heavy atom. The second-order valence-electron chi connectivity index (χ2n) is 9.30. The van der Waals surface area contributed by atoms with E-state index in [1.54, 1.807) is 0 Å². The standard InChI is InChI=1S/C25H35NO5/c1-5-6-7-10-26-24(27)29-14-25-13-28-23(22(18(25)4)16(2)11-17(25)3)19-8-9-20-21(12-19)31-15-30-20/h8-9,11-12,17-18,22-23H,5-7,10,13-15H2,1-4H3,(H,26,27)/t17?,18-,22?,23?,25?/m1/s1. The van der Waals surface area contributed by atoms with Crippen molar-refractivity contribution >= 4 is 6.09 Å². The van der Waals surface area contributed by atoms with Gasteiger partial charge in [-0.25, -0.2) is 4.79 Å². The van der Waals surface area contributed by atoms with Crippen LogP contribution >= 0.6 is 0 Å². The maximum atomic E-state index is 12.3. The van der Waals surface area contributed by atoms with Crippen molar-refractivity contribution in [3.8, 4) is 11.5 Å². The van der Waals surface area contributed by atoms with Crippen LogP contribution in [0.3, 0.4) is 0 Å². The zero-order chi connectivity index (χ0) is 22.0. The molecule has 1 fully saturated rings. The van der Waals surface area contributed by atoms with E-state index in [1.807, 2.05) is 12.1 Å². The summed E-state index contributed by atoms with van der Waals surface area (Å²) in [5.74, 6) is 2.36. The molecule has 31 heavy (non-hydrogen) atoms. The van der Waals surface area contributed by atoms with Gasteiger partial charge in [0.05, 0.1) is 12.7 Å². The molecule has 0 spiro atoms. The fourth-order valence-electron chi connectivity index (χ4n) is 5.47. The number of carbonyl (C=O) groups is 1. The topological polar surface area (TPSA) is 66.0 Å². The number of alkyl carbamates (subject to hydrolysis) is 1. The summed E-state index contributed by atoms with van der Waals surface area (Å²) in [7, 11) is 0. The van der Waals surface area contributed by atoms with Gasteiger partial charge in [0.15, 0.2) is 11.5 Å². The molecular formula is C25H35NO5. The van der Waals surface area contributed by atoms with Crippen molar-refractivity contribution in [2.75, 3.05) is 26.6 Å². The highest BCUT2D eigenvalue weighted by atomic mass is 16.7. The lowest BCUT2D eigenvalue weighted by molar-refractivity contribution is -0.165. The number of nitrogens with one attached hydrogen (secondary N) is 1. The number of carbonyl (C=O) groups excluding carboxylic acids is 1. The maximum absolute atomic E-state index is 12.3. The number of hydrogen-bond donors (Lipinski definition) is 1. The van der Waals surface area contributed by atoms with E-state index in [0.29, 0.717) is 25.7 Å². The van der Waals surface area contributed by atoms with Crippen LogP contribution in [-0.4, -0.2) is 32.6 Å². The summed E-state index contributed by atoms with van der Waals surface area (Å²) in [6.45, 7) is 10.7. The Hall–Kier alpha value is -2.21. The molecule has 3 aliphatic rings. The lowest BCUT2D eigenvalue weighted by Crippen LogP contribution is -2.54. The summed E-state index contributed by atoms with van der Waals surface area (Å²) in [5, 5.41) is 2.88. The molecule has 1 aromatic carbocycles. The van der Waals surface area contributed by atoms with Crippen LogP contribution in [0.4, 0.5) is 4.79 Å². The van der Waals surface area contributed by atoms with Gasteiger partial charge in [0, 0.05) is 17.9 Å². The minimum absolute atomic E-state index is 0.0516. The number of fused-ring (bicyclic) bond motifs is 3. The Bertz CT molecular complexity index is 837. The molecule has 4 unspecified atom stereocenters. The van der Waals surface area contributed by atoms with Gasteiger partial charge in [-0.05, 0) is 42.9 Å². The van der Waals surface area contributed by atoms with E-state index in [9.17, 15) is 4.79 Å². The number of benzene rings is 1.